The summed E-state index contributed by atoms with van der Waals surface area (Å²) in [5, 5.41) is 19.9. The van der Waals surface area contributed by atoms with Gasteiger partial charge in [-0.25, -0.2) is 4.79 Å². The highest BCUT2D eigenvalue weighted by atomic mass is 16.6. The molecule has 7 nitrogen and oxygen atoms in total. The van der Waals surface area contributed by atoms with Crippen LogP contribution in [-0.2, 0) is 6.61 Å². The lowest BCUT2D eigenvalue weighted by Crippen LogP contribution is -2.07. The summed E-state index contributed by atoms with van der Waals surface area (Å²) in [4.78, 5) is 21.1. The molecule has 2 rings (SSSR count). The Morgan fingerprint density at radius 1 is 1.29 bits per heavy atom. The molecule has 0 aliphatic rings. The van der Waals surface area contributed by atoms with Crippen LogP contribution in [-0.4, -0.2) is 16.0 Å². The third-order valence-corrected chi connectivity index (χ3v) is 2.77. The molecule has 0 aliphatic heterocycles. The van der Waals surface area contributed by atoms with Crippen molar-refractivity contribution in [3.63, 3.8) is 0 Å². The van der Waals surface area contributed by atoms with Crippen molar-refractivity contribution in [2.45, 2.75) is 6.61 Å². The number of hydrogen-bond donors (Lipinski definition) is 2. The average Bonchev–Trinajstić information content (AvgIpc) is 2.45. The summed E-state index contributed by atoms with van der Waals surface area (Å²) in [6, 6.07) is 11.6. The van der Waals surface area contributed by atoms with E-state index in [1.807, 2.05) is 30.3 Å². The number of rotatable bonds is 5. The van der Waals surface area contributed by atoms with Crippen LogP contribution in [0.4, 0.5) is 11.4 Å². The zero-order valence-corrected chi connectivity index (χ0v) is 10.9. The maximum absolute atomic E-state index is 11.1. The van der Waals surface area contributed by atoms with Gasteiger partial charge in [0, 0.05) is 12.1 Å². The van der Waals surface area contributed by atoms with Crippen molar-refractivity contribution in [1.29, 1.82) is 0 Å². The summed E-state index contributed by atoms with van der Waals surface area (Å²) in [6.07, 6.45) is 0. The molecule has 0 aromatic heterocycles. The van der Waals surface area contributed by atoms with Crippen LogP contribution in [0, 0.1) is 10.1 Å². The zero-order chi connectivity index (χ0) is 15.4. The maximum atomic E-state index is 11.1. The summed E-state index contributed by atoms with van der Waals surface area (Å²) in [7, 11) is 0. The molecule has 0 heterocycles. The van der Waals surface area contributed by atoms with Gasteiger partial charge in [0.05, 0.1) is 4.92 Å². The van der Waals surface area contributed by atoms with Crippen LogP contribution < -0.4 is 10.5 Å². The number of ether oxygens (including phenoxy) is 1. The van der Waals surface area contributed by atoms with Crippen LogP contribution in [0.5, 0.6) is 5.75 Å². The zero-order valence-electron chi connectivity index (χ0n) is 10.9. The van der Waals surface area contributed by atoms with Crippen molar-refractivity contribution in [2.24, 2.45) is 0 Å². The van der Waals surface area contributed by atoms with E-state index in [9.17, 15) is 14.9 Å². The van der Waals surface area contributed by atoms with E-state index in [4.69, 9.17) is 15.6 Å². The second kappa shape index (κ2) is 5.91. The molecular formula is C14H12N2O5. The van der Waals surface area contributed by atoms with E-state index in [1.54, 1.807) is 0 Å². The molecule has 7 heteroatoms. The second-order valence-electron chi connectivity index (χ2n) is 4.25. The van der Waals surface area contributed by atoms with E-state index in [0.29, 0.717) is 0 Å². The molecule has 0 atom stereocenters. The number of hydrogen-bond acceptors (Lipinski definition) is 5. The topological polar surface area (TPSA) is 116 Å². The number of nitrogen functional groups attached to an aromatic ring is 1. The summed E-state index contributed by atoms with van der Waals surface area (Å²) >= 11 is 0. The molecule has 0 saturated heterocycles. The van der Waals surface area contributed by atoms with Gasteiger partial charge >= 0.3 is 11.7 Å². The summed E-state index contributed by atoms with van der Waals surface area (Å²) in [5.41, 5.74) is 5.05. The second-order valence-corrected chi connectivity index (χ2v) is 4.25. The van der Waals surface area contributed by atoms with Crippen molar-refractivity contribution < 1.29 is 19.6 Å². The van der Waals surface area contributed by atoms with Crippen molar-refractivity contribution in [3.8, 4) is 5.75 Å². The number of nitro benzene ring substituents is 1. The molecule has 0 aliphatic carbocycles. The SMILES string of the molecule is Nc1cc(OCc2ccccc2)cc(C(=O)O)c1[N+](=O)[O-]. The fraction of sp³-hybridized carbons (Fsp3) is 0.0714. The van der Waals surface area contributed by atoms with Crippen LogP contribution in [0.25, 0.3) is 0 Å². The first-order valence-electron chi connectivity index (χ1n) is 5.97. The van der Waals surface area contributed by atoms with Gasteiger partial charge in [-0.3, -0.25) is 10.1 Å². The average molecular weight is 288 g/mol. The Hall–Kier alpha value is -3.09. The third-order valence-electron chi connectivity index (χ3n) is 2.77. The Bertz CT molecular complexity index is 685. The lowest BCUT2D eigenvalue weighted by Gasteiger charge is -2.09. The van der Waals surface area contributed by atoms with Crippen LogP contribution in [0.2, 0.25) is 0 Å². The number of carbonyl (C=O) groups is 1. The normalized spacial score (nSPS) is 10.1. The van der Waals surface area contributed by atoms with E-state index >= 15 is 0 Å². The van der Waals surface area contributed by atoms with E-state index in [2.05, 4.69) is 0 Å². The number of aromatic carboxylic acids is 1. The molecule has 2 aromatic rings. The van der Waals surface area contributed by atoms with Gasteiger partial charge in [-0.15, -0.1) is 0 Å². The van der Waals surface area contributed by atoms with Gasteiger partial charge in [0.2, 0.25) is 0 Å². The molecule has 0 amide bonds. The van der Waals surface area contributed by atoms with Gasteiger partial charge in [0.25, 0.3) is 0 Å². The molecule has 0 bridgehead atoms. The molecule has 0 saturated carbocycles. The van der Waals surface area contributed by atoms with Gasteiger partial charge in [0.1, 0.15) is 23.6 Å². The van der Waals surface area contributed by atoms with Crippen LogP contribution in [0.1, 0.15) is 15.9 Å². The predicted octanol–water partition coefficient (Wildman–Crippen LogP) is 2.45. The fourth-order valence-corrected chi connectivity index (χ4v) is 1.82. The number of carboxylic acids is 1. The minimum Gasteiger partial charge on any atom is -0.489 e. The standard InChI is InChI=1S/C14H12N2O5/c15-12-7-10(21-8-9-4-2-1-3-5-9)6-11(14(17)18)13(12)16(19)20/h1-7H,8,15H2,(H,17,18). The lowest BCUT2D eigenvalue weighted by atomic mass is 10.1. The Balaban J connectivity index is 2.29. The van der Waals surface area contributed by atoms with Crippen molar-refractivity contribution in [3.05, 3.63) is 63.7 Å². The number of nitrogens with zero attached hydrogens (tertiary/aromatic N) is 1. The van der Waals surface area contributed by atoms with Crippen LogP contribution in [0.3, 0.4) is 0 Å². The summed E-state index contributed by atoms with van der Waals surface area (Å²) in [6.45, 7) is 0.206. The first-order chi connectivity index (χ1) is 9.99. The van der Waals surface area contributed by atoms with Crippen LogP contribution >= 0.6 is 0 Å². The molecule has 0 fully saturated rings. The number of benzene rings is 2. The summed E-state index contributed by atoms with van der Waals surface area (Å²) in [5.74, 6) is -1.27. The fourth-order valence-electron chi connectivity index (χ4n) is 1.82. The number of nitro groups is 1. The number of nitrogens with two attached hydrogens (primary N) is 1. The monoisotopic (exact) mass is 288 g/mol. The van der Waals surface area contributed by atoms with Gasteiger partial charge in [-0.05, 0) is 5.56 Å². The molecule has 3 N–H and O–H groups in total. The Morgan fingerprint density at radius 3 is 2.52 bits per heavy atom. The highest BCUT2D eigenvalue weighted by Gasteiger charge is 2.24. The molecule has 108 valence electrons. The van der Waals surface area contributed by atoms with E-state index in [0.717, 1.165) is 11.6 Å². The Morgan fingerprint density at radius 2 is 1.95 bits per heavy atom. The smallest absolute Gasteiger partial charge is 0.342 e. The lowest BCUT2D eigenvalue weighted by molar-refractivity contribution is -0.384. The third kappa shape index (κ3) is 3.27. The first-order valence-corrected chi connectivity index (χ1v) is 5.97. The molecule has 0 radical (unpaired) electrons. The van der Waals surface area contributed by atoms with Gasteiger partial charge in [0.15, 0.2) is 0 Å². The molecule has 0 spiro atoms. The van der Waals surface area contributed by atoms with Crippen LogP contribution in [0.15, 0.2) is 42.5 Å². The Labute approximate surface area is 119 Å². The minimum atomic E-state index is -1.43. The largest absolute Gasteiger partial charge is 0.489 e. The van der Waals surface area contributed by atoms with Crippen molar-refractivity contribution >= 4 is 17.3 Å². The van der Waals surface area contributed by atoms with Gasteiger partial charge in [-0.1, -0.05) is 30.3 Å². The first kappa shape index (κ1) is 14.3. The molecule has 21 heavy (non-hydrogen) atoms. The highest BCUT2D eigenvalue weighted by Crippen LogP contribution is 2.31. The molecule has 2 aromatic carbocycles. The Kier molecular flexibility index (Phi) is 4.03. The van der Waals surface area contributed by atoms with E-state index in [1.165, 1.54) is 6.07 Å². The van der Waals surface area contributed by atoms with E-state index < -0.39 is 22.1 Å². The van der Waals surface area contributed by atoms with Gasteiger partial charge < -0.3 is 15.6 Å². The molecular weight excluding hydrogens is 276 g/mol. The number of anilines is 1. The van der Waals surface area contributed by atoms with E-state index in [-0.39, 0.29) is 18.0 Å². The van der Waals surface area contributed by atoms with Gasteiger partial charge in [-0.2, -0.15) is 0 Å². The number of carboxylic acid groups (broad SMARTS) is 1. The molecule has 0 unspecified atom stereocenters. The predicted molar refractivity (Wildman–Crippen MR) is 75.2 cm³/mol. The minimum absolute atomic E-state index is 0.166. The quantitative estimate of drug-likeness (QED) is 0.496. The highest BCUT2D eigenvalue weighted by molar-refractivity contribution is 5.95. The summed E-state index contributed by atoms with van der Waals surface area (Å²) < 4.78 is 5.43. The van der Waals surface area contributed by atoms with Crippen molar-refractivity contribution in [2.75, 3.05) is 5.73 Å². The maximum Gasteiger partial charge on any atom is 0.342 e. The van der Waals surface area contributed by atoms with Crippen molar-refractivity contribution in [1.82, 2.24) is 0 Å².